The van der Waals surface area contributed by atoms with Crippen LogP contribution >= 0.6 is 0 Å². The van der Waals surface area contributed by atoms with Crippen LogP contribution in [-0.4, -0.2) is 43.4 Å². The van der Waals surface area contributed by atoms with E-state index in [2.05, 4.69) is 20.7 Å². The normalized spacial score (nSPS) is 19.8. The van der Waals surface area contributed by atoms with Crippen molar-refractivity contribution in [1.29, 1.82) is 0 Å². The average Bonchev–Trinajstić information content (AvgIpc) is 3.09. The number of rotatable bonds is 2. The van der Waals surface area contributed by atoms with E-state index in [1.165, 1.54) is 16.9 Å². The van der Waals surface area contributed by atoms with Crippen LogP contribution in [0.1, 0.15) is 56.3 Å². The minimum atomic E-state index is -1.22. The lowest BCUT2D eigenvalue weighted by Gasteiger charge is -2.23. The number of ether oxygens (including phenoxy) is 1. The summed E-state index contributed by atoms with van der Waals surface area (Å²) >= 11 is 0. The molecule has 0 aliphatic carbocycles. The minimum absolute atomic E-state index is 0.213. The molecular formula is C21H25N5O5. The van der Waals surface area contributed by atoms with Crippen molar-refractivity contribution in [3.05, 3.63) is 47.9 Å². The molecule has 164 valence electrons. The highest BCUT2D eigenvalue weighted by molar-refractivity contribution is 5.94. The number of alkyl carbamates (subject to hydrolysis) is 1. The lowest BCUT2D eigenvalue weighted by atomic mass is 10.1. The van der Waals surface area contributed by atoms with Crippen molar-refractivity contribution >= 4 is 23.8 Å². The van der Waals surface area contributed by atoms with E-state index in [9.17, 15) is 19.5 Å². The zero-order valence-electron chi connectivity index (χ0n) is 17.7. The third-order valence-electron chi connectivity index (χ3n) is 4.45. The number of nitrogens with one attached hydrogen (secondary N) is 2. The molecule has 3 N–H and O–H groups in total. The Hall–Kier alpha value is -3.69. The number of amides is 2. The van der Waals surface area contributed by atoms with Gasteiger partial charge in [-0.05, 0) is 39.3 Å². The minimum Gasteiger partial charge on any atom is -0.476 e. The lowest BCUT2D eigenvalue weighted by Crippen LogP contribution is -2.35. The van der Waals surface area contributed by atoms with Crippen molar-refractivity contribution < 1.29 is 24.2 Å². The van der Waals surface area contributed by atoms with E-state index in [1.807, 2.05) is 0 Å². The molecule has 0 aromatic carbocycles. The summed E-state index contributed by atoms with van der Waals surface area (Å²) < 4.78 is 6.69. The number of anilines is 1. The molecule has 1 aliphatic heterocycles. The van der Waals surface area contributed by atoms with Crippen molar-refractivity contribution in [3.8, 4) is 5.69 Å². The van der Waals surface area contributed by atoms with Crippen molar-refractivity contribution in [2.24, 2.45) is 5.92 Å². The molecular weight excluding hydrogens is 402 g/mol. The zero-order chi connectivity index (χ0) is 22.8. The van der Waals surface area contributed by atoms with Gasteiger partial charge in [0.15, 0.2) is 5.69 Å². The number of carboxylic acid groups (broad SMARTS) is 1. The van der Waals surface area contributed by atoms with Crippen LogP contribution in [-0.2, 0) is 9.53 Å². The fourth-order valence-electron chi connectivity index (χ4n) is 2.98. The summed E-state index contributed by atoms with van der Waals surface area (Å²) in [5.74, 6) is -1.81. The monoisotopic (exact) mass is 427 g/mol. The van der Waals surface area contributed by atoms with Gasteiger partial charge in [-0.2, -0.15) is 5.10 Å². The van der Waals surface area contributed by atoms with Gasteiger partial charge in [0.1, 0.15) is 11.4 Å². The Morgan fingerprint density at radius 1 is 1.32 bits per heavy atom. The third-order valence-corrected chi connectivity index (χ3v) is 4.45. The lowest BCUT2D eigenvalue weighted by molar-refractivity contribution is -0.118. The second kappa shape index (κ2) is 8.58. The Bertz CT molecular complexity index is 1040. The molecule has 1 aliphatic rings. The predicted molar refractivity (Wildman–Crippen MR) is 112 cm³/mol. The van der Waals surface area contributed by atoms with Gasteiger partial charge in [0, 0.05) is 12.3 Å². The fourth-order valence-corrected chi connectivity index (χ4v) is 2.98. The molecule has 2 bridgehead atoms. The molecule has 10 heteroatoms. The molecule has 10 nitrogen and oxygen atoms in total. The molecule has 2 aromatic heterocycles. The number of pyridine rings is 1. The number of hydrogen-bond acceptors (Lipinski definition) is 6. The van der Waals surface area contributed by atoms with Gasteiger partial charge in [-0.25, -0.2) is 14.3 Å². The molecule has 0 saturated carbocycles. The summed E-state index contributed by atoms with van der Waals surface area (Å²) in [5.41, 5.74) is 0.145. The highest BCUT2D eigenvalue weighted by Gasteiger charge is 2.23. The molecule has 2 aromatic rings. The molecule has 3 rings (SSSR count). The molecule has 2 atom stereocenters. The Morgan fingerprint density at radius 3 is 2.74 bits per heavy atom. The number of aromatic nitrogens is 3. The van der Waals surface area contributed by atoms with E-state index < -0.39 is 29.6 Å². The first-order valence-corrected chi connectivity index (χ1v) is 9.80. The summed E-state index contributed by atoms with van der Waals surface area (Å²) in [6, 6.07) is 4.07. The summed E-state index contributed by atoms with van der Waals surface area (Å²) in [5, 5.41) is 18.9. The van der Waals surface area contributed by atoms with Crippen molar-refractivity contribution in [2.45, 2.75) is 45.8 Å². The largest absolute Gasteiger partial charge is 0.476 e. The first-order chi connectivity index (χ1) is 14.5. The van der Waals surface area contributed by atoms with E-state index in [-0.39, 0.29) is 17.4 Å². The van der Waals surface area contributed by atoms with E-state index in [4.69, 9.17) is 4.74 Å². The molecule has 31 heavy (non-hydrogen) atoms. The average molecular weight is 427 g/mol. The first kappa shape index (κ1) is 22.0. The van der Waals surface area contributed by atoms with Gasteiger partial charge in [0.25, 0.3) is 0 Å². The maximum absolute atomic E-state index is 12.6. The van der Waals surface area contributed by atoms with Crippen LogP contribution in [0.3, 0.4) is 0 Å². The molecule has 0 fully saturated rings. The third kappa shape index (κ3) is 5.47. The maximum Gasteiger partial charge on any atom is 0.408 e. The quantitative estimate of drug-likeness (QED) is 0.627. The van der Waals surface area contributed by atoms with Crippen LogP contribution in [0.4, 0.5) is 10.6 Å². The van der Waals surface area contributed by atoms with Crippen LogP contribution < -0.4 is 10.6 Å². The molecule has 0 spiro atoms. The number of hydrogen-bond donors (Lipinski definition) is 3. The maximum atomic E-state index is 12.6. The highest BCUT2D eigenvalue weighted by Crippen LogP contribution is 2.24. The van der Waals surface area contributed by atoms with E-state index >= 15 is 0 Å². The fraction of sp³-hybridized carbons (Fsp3) is 0.381. The molecule has 2 amide bonds. The standard InChI is InChI=1S/C21H25N5O5/c1-12-6-5-7-14(23-20(30)31-21(2,3)4)15-10-13(8-9-22-15)26-17(24-18(12)27)11-16(25-26)19(28)29/h5-6,8-12,14H,7H2,1-4H3,(H,23,30)(H,24,27)(H,28,29)/b6-5+/t12?,14-/m0/s1. The van der Waals surface area contributed by atoms with E-state index in [0.717, 1.165) is 0 Å². The second-order valence-electron chi connectivity index (χ2n) is 8.21. The van der Waals surface area contributed by atoms with Crippen molar-refractivity contribution in [2.75, 3.05) is 5.32 Å². The van der Waals surface area contributed by atoms with Gasteiger partial charge < -0.3 is 20.5 Å². The number of aromatic carboxylic acids is 1. The topological polar surface area (TPSA) is 135 Å². The van der Waals surface area contributed by atoms with Gasteiger partial charge >= 0.3 is 12.1 Å². The summed E-state index contributed by atoms with van der Waals surface area (Å²) in [6.07, 6.45) is 4.81. The smallest absolute Gasteiger partial charge is 0.408 e. The second-order valence-corrected chi connectivity index (χ2v) is 8.21. The Kier molecular flexibility index (Phi) is 6.09. The van der Waals surface area contributed by atoms with E-state index in [0.29, 0.717) is 17.8 Å². The van der Waals surface area contributed by atoms with E-state index in [1.54, 1.807) is 52.0 Å². The van der Waals surface area contributed by atoms with Crippen LogP contribution in [0.25, 0.3) is 5.69 Å². The summed E-state index contributed by atoms with van der Waals surface area (Å²) in [7, 11) is 0. The summed E-state index contributed by atoms with van der Waals surface area (Å²) in [6.45, 7) is 7.02. The Balaban J connectivity index is 2.05. The number of fused-ring (bicyclic) bond motifs is 4. The number of carbonyl (C=O) groups excluding carboxylic acids is 2. The van der Waals surface area contributed by atoms with Gasteiger partial charge in [-0.1, -0.05) is 19.1 Å². The van der Waals surface area contributed by atoms with Crippen LogP contribution in [0.15, 0.2) is 36.5 Å². The zero-order valence-corrected chi connectivity index (χ0v) is 17.7. The highest BCUT2D eigenvalue weighted by atomic mass is 16.6. The first-order valence-electron chi connectivity index (χ1n) is 9.80. The summed E-state index contributed by atoms with van der Waals surface area (Å²) in [4.78, 5) is 40.7. The SMILES string of the molecule is CC1/C=C/C[C@H](NC(=O)OC(C)(C)C)c2cc(ccn2)-n2nc(C(=O)O)cc2NC1=O. The van der Waals surface area contributed by atoms with Gasteiger partial charge in [0.05, 0.1) is 23.3 Å². The van der Waals surface area contributed by atoms with Crippen molar-refractivity contribution in [1.82, 2.24) is 20.1 Å². The Labute approximate surface area is 179 Å². The van der Waals surface area contributed by atoms with Gasteiger partial charge in [-0.3, -0.25) is 9.78 Å². The van der Waals surface area contributed by atoms with Gasteiger partial charge in [0.2, 0.25) is 5.91 Å². The molecule has 0 radical (unpaired) electrons. The van der Waals surface area contributed by atoms with Gasteiger partial charge in [-0.15, -0.1) is 0 Å². The number of carbonyl (C=O) groups is 3. The number of carboxylic acids is 1. The number of nitrogens with zero attached hydrogens (tertiary/aromatic N) is 3. The molecule has 3 heterocycles. The van der Waals surface area contributed by atoms with Crippen LogP contribution in [0, 0.1) is 5.92 Å². The van der Waals surface area contributed by atoms with Crippen molar-refractivity contribution in [3.63, 3.8) is 0 Å². The molecule has 1 unspecified atom stereocenters. The molecule has 0 saturated heterocycles. The van der Waals surface area contributed by atoms with Crippen LogP contribution in [0.2, 0.25) is 0 Å². The predicted octanol–water partition coefficient (Wildman–Crippen LogP) is 3.07. The van der Waals surface area contributed by atoms with Crippen LogP contribution in [0.5, 0.6) is 0 Å². The Morgan fingerprint density at radius 2 is 2.06 bits per heavy atom.